The van der Waals surface area contributed by atoms with Crippen LogP contribution in [0.25, 0.3) is 0 Å². The number of benzene rings is 1. The Bertz CT molecular complexity index is 1040. The first-order valence-electron chi connectivity index (χ1n) is 12.1. The minimum atomic E-state index is -0.698. The smallest absolute Gasteiger partial charge is 0.322 e. The number of rotatable bonds is 3. The maximum atomic E-state index is 13.4. The Balaban J connectivity index is 1.23. The number of morpholine rings is 1. The molecule has 1 saturated carbocycles. The fraction of sp³-hybridized carbons (Fsp3) is 0.625. The summed E-state index contributed by atoms with van der Waals surface area (Å²) in [7, 11) is 0. The highest BCUT2D eigenvalue weighted by Gasteiger charge is 2.52. The Morgan fingerprint density at radius 1 is 1.17 bits per heavy atom. The second-order valence-corrected chi connectivity index (χ2v) is 11.0. The molecule has 3 saturated heterocycles. The van der Waals surface area contributed by atoms with Crippen molar-refractivity contribution >= 4 is 46.7 Å². The highest BCUT2D eigenvalue weighted by Crippen LogP contribution is 2.53. The van der Waals surface area contributed by atoms with Crippen molar-refractivity contribution in [2.75, 3.05) is 38.2 Å². The summed E-state index contributed by atoms with van der Waals surface area (Å²) in [6.45, 7) is 3.54. The number of β-amino-alcohol motifs (C(OH)–C–C–N with tert-alkyl or cyclic N) is 1. The average Bonchev–Trinajstić information content (AvgIpc) is 3.61. The van der Waals surface area contributed by atoms with E-state index in [2.05, 4.69) is 5.32 Å². The van der Waals surface area contributed by atoms with Gasteiger partial charge >= 0.3 is 6.03 Å². The number of hydrogen-bond donors (Lipinski definition) is 2. The Labute approximate surface area is 214 Å². The van der Waals surface area contributed by atoms with Crippen molar-refractivity contribution in [3.63, 3.8) is 0 Å². The number of carbonyl (C=O) groups excluding carboxylic acids is 3. The SMILES string of the molecule is C[C@H]1C(=O)N2[C@@H](CC(=O)N3CCC4(CC4)C(O)C3)COC[C@H]2CN1C(=O)Nc1ccc(Cl)c(Cl)c1. The highest BCUT2D eigenvalue weighted by atomic mass is 35.5. The van der Waals surface area contributed by atoms with Gasteiger partial charge in [0, 0.05) is 31.7 Å². The third-order valence-electron chi connectivity index (χ3n) is 7.96. The Hall–Kier alpha value is -2.07. The predicted molar refractivity (Wildman–Crippen MR) is 130 cm³/mol. The second-order valence-electron chi connectivity index (χ2n) is 10.2. The lowest BCUT2D eigenvalue weighted by Gasteiger charge is -2.50. The third-order valence-corrected chi connectivity index (χ3v) is 8.70. The second kappa shape index (κ2) is 9.42. The highest BCUT2D eigenvalue weighted by molar-refractivity contribution is 6.42. The number of amides is 4. The van der Waals surface area contributed by atoms with Gasteiger partial charge < -0.3 is 29.9 Å². The quantitative estimate of drug-likeness (QED) is 0.632. The number of carbonyl (C=O) groups is 3. The standard InChI is InChI=1S/C24H30Cl2N4O5/c1-14-22(33)30-16(9-21(32)28-7-6-24(4-5-24)20(31)11-28)12-35-13-17(30)10-29(14)23(34)27-15-2-3-18(25)19(26)8-15/h2-3,8,14,16-17,20,31H,4-7,9-13H2,1H3,(H,27,34)/t14-,16-,17+,20?/m0/s1. The molecule has 0 aromatic heterocycles. The molecule has 4 fully saturated rings. The zero-order valence-corrected chi connectivity index (χ0v) is 21.1. The molecule has 5 rings (SSSR count). The van der Waals surface area contributed by atoms with E-state index in [-0.39, 0.29) is 42.8 Å². The lowest BCUT2D eigenvalue weighted by Crippen LogP contribution is -2.69. The van der Waals surface area contributed by atoms with Crippen LogP contribution < -0.4 is 5.32 Å². The minimum absolute atomic E-state index is 0.0233. The van der Waals surface area contributed by atoms with Crippen LogP contribution in [0.3, 0.4) is 0 Å². The van der Waals surface area contributed by atoms with Gasteiger partial charge in [0.2, 0.25) is 11.8 Å². The molecule has 1 aromatic carbocycles. The number of piperidine rings is 1. The van der Waals surface area contributed by atoms with Gasteiger partial charge in [-0.3, -0.25) is 9.59 Å². The summed E-state index contributed by atoms with van der Waals surface area (Å²) in [6, 6.07) is 2.93. The molecule has 3 aliphatic heterocycles. The van der Waals surface area contributed by atoms with Crippen molar-refractivity contribution in [3.8, 4) is 0 Å². The van der Waals surface area contributed by atoms with Crippen LogP contribution in [0.4, 0.5) is 10.5 Å². The van der Waals surface area contributed by atoms with Crippen LogP contribution >= 0.6 is 23.2 Å². The largest absolute Gasteiger partial charge is 0.391 e. The van der Waals surface area contributed by atoms with E-state index in [0.717, 1.165) is 19.3 Å². The number of halogens is 2. The molecule has 0 bridgehead atoms. The lowest BCUT2D eigenvalue weighted by atomic mass is 9.90. The number of nitrogens with one attached hydrogen (secondary N) is 1. The third kappa shape index (κ3) is 4.71. The molecule has 4 aliphatic rings. The number of aliphatic hydroxyl groups is 1. The van der Waals surface area contributed by atoms with Crippen LogP contribution in [0.2, 0.25) is 10.0 Å². The van der Waals surface area contributed by atoms with Gasteiger partial charge in [0.15, 0.2) is 0 Å². The zero-order valence-electron chi connectivity index (χ0n) is 19.6. The van der Waals surface area contributed by atoms with Gasteiger partial charge in [-0.05, 0) is 49.8 Å². The summed E-state index contributed by atoms with van der Waals surface area (Å²) in [5.41, 5.74) is 0.502. The van der Waals surface area contributed by atoms with Gasteiger partial charge in [-0.15, -0.1) is 0 Å². The maximum absolute atomic E-state index is 13.4. The van der Waals surface area contributed by atoms with E-state index in [1.807, 2.05) is 0 Å². The predicted octanol–water partition coefficient (Wildman–Crippen LogP) is 2.59. The van der Waals surface area contributed by atoms with Crippen LogP contribution in [-0.4, -0.2) is 94.7 Å². The molecular weight excluding hydrogens is 495 g/mol. The number of anilines is 1. The molecular formula is C24H30Cl2N4O5. The Morgan fingerprint density at radius 3 is 2.63 bits per heavy atom. The molecule has 3 heterocycles. The number of nitrogens with zero attached hydrogens (tertiary/aromatic N) is 3. The molecule has 4 atom stereocenters. The number of fused-ring (bicyclic) bond motifs is 1. The van der Waals surface area contributed by atoms with E-state index in [1.165, 1.54) is 4.90 Å². The molecule has 2 N–H and O–H groups in total. The summed E-state index contributed by atoms with van der Waals surface area (Å²) >= 11 is 12.0. The van der Waals surface area contributed by atoms with Crippen molar-refractivity contribution in [3.05, 3.63) is 28.2 Å². The molecule has 9 nitrogen and oxygen atoms in total. The minimum Gasteiger partial charge on any atom is -0.391 e. The zero-order chi connectivity index (χ0) is 24.9. The van der Waals surface area contributed by atoms with Crippen molar-refractivity contribution in [1.29, 1.82) is 0 Å². The van der Waals surface area contributed by atoms with Crippen LogP contribution in [0.5, 0.6) is 0 Å². The Morgan fingerprint density at radius 2 is 1.94 bits per heavy atom. The molecule has 35 heavy (non-hydrogen) atoms. The first-order chi connectivity index (χ1) is 16.7. The van der Waals surface area contributed by atoms with Gasteiger partial charge in [-0.1, -0.05) is 23.2 Å². The summed E-state index contributed by atoms with van der Waals surface area (Å²) < 4.78 is 5.76. The molecule has 1 unspecified atom stereocenters. The van der Waals surface area contributed by atoms with Crippen LogP contribution in [0.15, 0.2) is 18.2 Å². The number of ether oxygens (including phenoxy) is 1. The van der Waals surface area contributed by atoms with E-state index < -0.39 is 24.2 Å². The van der Waals surface area contributed by atoms with E-state index in [0.29, 0.717) is 35.4 Å². The molecule has 190 valence electrons. The van der Waals surface area contributed by atoms with Gasteiger partial charge in [0.05, 0.1) is 41.4 Å². The number of likely N-dealkylation sites (tertiary alicyclic amines) is 1. The van der Waals surface area contributed by atoms with E-state index in [9.17, 15) is 19.5 Å². The molecule has 1 aromatic rings. The number of urea groups is 1. The maximum Gasteiger partial charge on any atom is 0.322 e. The van der Waals surface area contributed by atoms with Crippen LogP contribution in [0, 0.1) is 5.41 Å². The molecule has 11 heteroatoms. The first kappa shape index (κ1) is 24.6. The van der Waals surface area contributed by atoms with Crippen molar-refractivity contribution in [2.45, 2.75) is 56.8 Å². The summed E-state index contributed by atoms with van der Waals surface area (Å²) in [6.07, 6.45) is 2.55. The van der Waals surface area contributed by atoms with E-state index in [4.69, 9.17) is 27.9 Å². The van der Waals surface area contributed by atoms with Crippen LogP contribution in [-0.2, 0) is 14.3 Å². The molecule has 1 aliphatic carbocycles. The number of aliphatic hydroxyl groups excluding tert-OH is 1. The van der Waals surface area contributed by atoms with Gasteiger partial charge in [0.1, 0.15) is 6.04 Å². The van der Waals surface area contributed by atoms with E-state index >= 15 is 0 Å². The monoisotopic (exact) mass is 524 g/mol. The van der Waals surface area contributed by atoms with Crippen molar-refractivity contribution in [2.24, 2.45) is 5.41 Å². The summed E-state index contributed by atoms with van der Waals surface area (Å²) in [5, 5.41) is 13.9. The van der Waals surface area contributed by atoms with Crippen LogP contribution in [0.1, 0.15) is 32.6 Å². The van der Waals surface area contributed by atoms with Gasteiger partial charge in [0.25, 0.3) is 0 Å². The fourth-order valence-corrected chi connectivity index (χ4v) is 5.84. The van der Waals surface area contributed by atoms with Crippen molar-refractivity contribution in [1.82, 2.24) is 14.7 Å². The van der Waals surface area contributed by atoms with E-state index in [1.54, 1.807) is 34.9 Å². The lowest BCUT2D eigenvalue weighted by molar-refractivity contribution is -0.161. The Kier molecular flexibility index (Phi) is 6.63. The van der Waals surface area contributed by atoms with Crippen molar-refractivity contribution < 1.29 is 24.2 Å². The van der Waals surface area contributed by atoms with Gasteiger partial charge in [-0.2, -0.15) is 0 Å². The molecule has 0 radical (unpaired) electrons. The molecule has 1 spiro atoms. The van der Waals surface area contributed by atoms with Gasteiger partial charge in [-0.25, -0.2) is 4.79 Å². The average molecular weight is 525 g/mol. The normalized spacial score (nSPS) is 29.7. The summed E-state index contributed by atoms with van der Waals surface area (Å²) in [4.78, 5) is 44.4. The number of piperazine rings is 1. The summed E-state index contributed by atoms with van der Waals surface area (Å²) in [5.74, 6) is -0.281. The molecule has 4 amide bonds. The number of hydrogen-bond acceptors (Lipinski definition) is 5. The topological polar surface area (TPSA) is 102 Å². The first-order valence-corrected chi connectivity index (χ1v) is 12.8. The fourth-order valence-electron chi connectivity index (χ4n) is 5.54.